The maximum atomic E-state index is 9.19. The van der Waals surface area contributed by atoms with Crippen molar-refractivity contribution in [1.29, 1.82) is 0 Å². The number of nitrogens with one attached hydrogen (secondary N) is 1. The number of aliphatic hydroxyl groups excluding tert-OH is 1. The van der Waals surface area contributed by atoms with E-state index in [-0.39, 0.29) is 5.95 Å². The fourth-order valence-electron chi connectivity index (χ4n) is 1.49. The smallest absolute Gasteiger partial charge is 0.281 e. The molecule has 0 aliphatic carbocycles. The van der Waals surface area contributed by atoms with Crippen molar-refractivity contribution in [2.75, 3.05) is 6.61 Å². The van der Waals surface area contributed by atoms with Gasteiger partial charge in [0, 0.05) is 12.3 Å². The largest absolute Gasteiger partial charge is 0.481 e. The number of aliphatic hydroxyl groups is 1. The lowest BCUT2D eigenvalue weighted by Gasteiger charge is -2.17. The second-order valence-corrected chi connectivity index (χ2v) is 2.93. The number of epoxide rings is 1. The minimum absolute atomic E-state index is 0.0950. The van der Waals surface area contributed by atoms with Crippen LogP contribution in [0.3, 0.4) is 0 Å². The maximum Gasteiger partial charge on any atom is 0.281 e. The first-order valence-corrected chi connectivity index (χ1v) is 3.72. The Morgan fingerprint density at radius 3 is 3.17 bits per heavy atom. The van der Waals surface area contributed by atoms with E-state index in [4.69, 9.17) is 9.47 Å². The first kappa shape index (κ1) is 6.14. The van der Waals surface area contributed by atoms with Crippen molar-refractivity contribution in [2.45, 2.75) is 5.79 Å². The Morgan fingerprint density at radius 2 is 2.42 bits per heavy atom. The predicted molar refractivity (Wildman–Crippen MR) is 40.1 cm³/mol. The molecular weight excluding hydrogens is 158 g/mol. The van der Waals surface area contributed by atoms with Crippen LogP contribution < -0.4 is 0 Å². The van der Waals surface area contributed by atoms with Gasteiger partial charge < -0.3 is 19.6 Å². The normalized spacial score (nSPS) is 30.8. The lowest BCUT2D eigenvalue weighted by atomic mass is 10.1. The second-order valence-electron chi connectivity index (χ2n) is 2.93. The number of aromatic amines is 1. The highest BCUT2D eigenvalue weighted by atomic mass is 16.8. The van der Waals surface area contributed by atoms with E-state index in [2.05, 4.69) is 4.98 Å². The summed E-state index contributed by atoms with van der Waals surface area (Å²) in [6.07, 6.45) is 3.34. The van der Waals surface area contributed by atoms with Gasteiger partial charge in [-0.3, -0.25) is 0 Å². The topological polar surface area (TPSA) is 57.8 Å². The van der Waals surface area contributed by atoms with Crippen LogP contribution in [0.15, 0.2) is 18.2 Å². The molecule has 2 N–H and O–H groups in total. The number of hydrogen-bond acceptors (Lipinski definition) is 3. The van der Waals surface area contributed by atoms with Gasteiger partial charge in [0.15, 0.2) is 0 Å². The first-order valence-electron chi connectivity index (χ1n) is 3.72. The Hall–Kier alpha value is -1.42. The van der Waals surface area contributed by atoms with Crippen LogP contribution in [-0.2, 0) is 15.3 Å². The number of ether oxygens (including phenoxy) is 2. The van der Waals surface area contributed by atoms with Crippen molar-refractivity contribution in [3.05, 3.63) is 29.5 Å². The molecule has 3 heterocycles. The Kier molecular flexibility index (Phi) is 0.851. The third-order valence-electron chi connectivity index (χ3n) is 2.13. The van der Waals surface area contributed by atoms with Crippen molar-refractivity contribution in [3.8, 4) is 0 Å². The monoisotopic (exact) mass is 165 g/mol. The number of rotatable bonds is 0. The van der Waals surface area contributed by atoms with Gasteiger partial charge in [0.05, 0.1) is 11.3 Å². The molecule has 62 valence electrons. The summed E-state index contributed by atoms with van der Waals surface area (Å²) in [5.41, 5.74) is 1.82. The molecule has 1 atom stereocenters. The molecule has 1 aromatic heterocycles. The van der Waals surface area contributed by atoms with Crippen molar-refractivity contribution in [1.82, 2.24) is 4.98 Å². The average Bonchev–Trinajstić information content (AvgIpc) is 2.62. The van der Waals surface area contributed by atoms with Crippen LogP contribution in [0.1, 0.15) is 11.3 Å². The molecule has 0 aromatic carbocycles. The van der Waals surface area contributed by atoms with Crippen LogP contribution in [-0.4, -0.2) is 16.7 Å². The molecule has 2 aliphatic heterocycles. The fraction of sp³-hybridized carbons (Fsp3) is 0.250. The molecular formula is C8H7NO3. The lowest BCUT2D eigenvalue weighted by Crippen LogP contribution is -2.17. The van der Waals surface area contributed by atoms with E-state index in [0.29, 0.717) is 6.61 Å². The molecule has 4 nitrogen and oxygen atoms in total. The minimum Gasteiger partial charge on any atom is -0.481 e. The van der Waals surface area contributed by atoms with E-state index < -0.39 is 5.79 Å². The van der Waals surface area contributed by atoms with Crippen LogP contribution >= 0.6 is 0 Å². The minimum atomic E-state index is -0.686. The molecule has 0 radical (unpaired) electrons. The number of fused-ring (bicyclic) bond motifs is 2. The Labute approximate surface area is 68.4 Å². The molecule has 1 spiro atoms. The van der Waals surface area contributed by atoms with E-state index in [0.717, 1.165) is 11.3 Å². The summed E-state index contributed by atoms with van der Waals surface area (Å²) in [6, 6.07) is 1.89. The highest BCUT2D eigenvalue weighted by Crippen LogP contribution is 2.45. The maximum absolute atomic E-state index is 9.19. The molecule has 0 saturated carbocycles. The Bertz CT molecular complexity index is 362. The van der Waals surface area contributed by atoms with E-state index >= 15 is 0 Å². The number of hydrogen-bond donors (Lipinski definition) is 2. The lowest BCUT2D eigenvalue weighted by molar-refractivity contribution is -0.0547. The molecule has 1 unspecified atom stereocenters. The van der Waals surface area contributed by atoms with Gasteiger partial charge in [0.25, 0.3) is 11.7 Å². The number of aromatic nitrogens is 1. The van der Waals surface area contributed by atoms with E-state index in [9.17, 15) is 5.11 Å². The highest BCUT2D eigenvalue weighted by Gasteiger charge is 2.53. The zero-order valence-electron chi connectivity index (χ0n) is 6.20. The third-order valence-corrected chi connectivity index (χ3v) is 2.13. The van der Waals surface area contributed by atoms with Gasteiger partial charge in [-0.25, -0.2) is 0 Å². The number of H-pyrrole nitrogens is 1. The predicted octanol–water partition coefficient (Wildman–Crippen LogP) is 1.08. The van der Waals surface area contributed by atoms with Crippen molar-refractivity contribution < 1.29 is 14.6 Å². The molecule has 1 aromatic rings. The quantitative estimate of drug-likeness (QED) is 0.565. The fourth-order valence-corrected chi connectivity index (χ4v) is 1.49. The van der Waals surface area contributed by atoms with Crippen molar-refractivity contribution in [3.63, 3.8) is 0 Å². The second kappa shape index (κ2) is 1.67. The standard InChI is InChI=1S/C8H7NO3/c10-7-3-6-5(1-2-9-6)8(12-7)4-11-8/h1-3,9-10H,4H2. The summed E-state index contributed by atoms with van der Waals surface area (Å²) in [5.74, 6) is -0.781. The van der Waals surface area contributed by atoms with Gasteiger partial charge >= 0.3 is 0 Å². The van der Waals surface area contributed by atoms with Gasteiger partial charge in [0.1, 0.15) is 6.61 Å². The van der Waals surface area contributed by atoms with Crippen LogP contribution in [0.5, 0.6) is 0 Å². The summed E-state index contributed by atoms with van der Waals surface area (Å²) in [7, 11) is 0. The first-order chi connectivity index (χ1) is 5.80. The highest BCUT2D eigenvalue weighted by molar-refractivity contribution is 5.55. The van der Waals surface area contributed by atoms with E-state index in [1.54, 1.807) is 12.3 Å². The average molecular weight is 165 g/mol. The summed E-state index contributed by atoms with van der Waals surface area (Å²) in [6.45, 7) is 0.510. The molecule has 1 saturated heterocycles. The zero-order chi connectivity index (χ0) is 8.18. The van der Waals surface area contributed by atoms with E-state index in [1.165, 1.54) is 0 Å². The van der Waals surface area contributed by atoms with Gasteiger partial charge in [-0.05, 0) is 6.07 Å². The zero-order valence-corrected chi connectivity index (χ0v) is 6.20. The van der Waals surface area contributed by atoms with Gasteiger partial charge in [0.2, 0.25) is 0 Å². The molecule has 2 aliphatic rings. The van der Waals surface area contributed by atoms with E-state index in [1.807, 2.05) is 6.07 Å². The molecule has 3 rings (SSSR count). The molecule has 0 amide bonds. The van der Waals surface area contributed by atoms with Crippen LogP contribution in [0.4, 0.5) is 0 Å². The molecule has 4 heteroatoms. The molecule has 12 heavy (non-hydrogen) atoms. The summed E-state index contributed by atoms with van der Waals surface area (Å²) < 4.78 is 10.3. The SMILES string of the molecule is OC1=Cc2[nH]ccc2C2(CO2)O1. The van der Waals surface area contributed by atoms with Gasteiger partial charge in [-0.15, -0.1) is 0 Å². The van der Waals surface area contributed by atoms with Gasteiger partial charge in [-0.1, -0.05) is 0 Å². The van der Waals surface area contributed by atoms with Crippen LogP contribution in [0, 0.1) is 0 Å². The third kappa shape index (κ3) is 0.604. The van der Waals surface area contributed by atoms with Crippen LogP contribution in [0.25, 0.3) is 6.08 Å². The van der Waals surface area contributed by atoms with Crippen molar-refractivity contribution in [2.24, 2.45) is 0 Å². The van der Waals surface area contributed by atoms with Gasteiger partial charge in [-0.2, -0.15) is 0 Å². The summed E-state index contributed by atoms with van der Waals surface area (Å²) >= 11 is 0. The van der Waals surface area contributed by atoms with Crippen molar-refractivity contribution >= 4 is 6.08 Å². The van der Waals surface area contributed by atoms with Crippen LogP contribution in [0.2, 0.25) is 0 Å². The Balaban J connectivity index is 2.22. The molecule has 1 fully saturated rings. The Morgan fingerprint density at radius 1 is 1.58 bits per heavy atom. The summed E-state index contributed by atoms with van der Waals surface area (Å²) in [4.78, 5) is 2.99. The summed E-state index contributed by atoms with van der Waals surface area (Å²) in [5, 5.41) is 9.19. The molecule has 0 bridgehead atoms.